The van der Waals surface area contributed by atoms with Crippen LogP contribution in [0.4, 0.5) is 0 Å². The van der Waals surface area contributed by atoms with E-state index < -0.39 is 0 Å². The summed E-state index contributed by atoms with van der Waals surface area (Å²) in [5.41, 5.74) is 0.452. The number of carbonyl (C=O) groups excluding carboxylic acids is 1. The maximum Gasteiger partial charge on any atom is 0.168 e. The molecule has 1 N–H and O–H groups in total. The minimum Gasteiger partial charge on any atom is -0.504 e. The molecule has 0 aliphatic carbocycles. The molecule has 0 unspecified atom stereocenters. The normalized spacial score (nSPS) is 10.5. The van der Waals surface area contributed by atoms with E-state index in [-0.39, 0.29) is 22.0 Å². The number of aldehydes is 1. The third kappa shape index (κ3) is 1.64. The first-order valence-electron chi connectivity index (χ1n) is 4.06. The Balaban J connectivity index is 2.91. The molecule has 0 saturated carbocycles. The number of pyridine rings is 1. The molecule has 0 atom stereocenters. The van der Waals surface area contributed by atoms with Gasteiger partial charge in [0.1, 0.15) is 11.2 Å². The van der Waals surface area contributed by atoms with Gasteiger partial charge in [-0.15, -0.1) is 0 Å². The third-order valence-electron chi connectivity index (χ3n) is 2.00. The van der Waals surface area contributed by atoms with Crippen molar-refractivity contribution in [2.45, 2.75) is 0 Å². The molecule has 0 amide bonds. The fourth-order valence-electron chi connectivity index (χ4n) is 1.28. The lowest BCUT2D eigenvalue weighted by atomic mass is 10.2. The fourth-order valence-corrected chi connectivity index (χ4v) is 1.80. The van der Waals surface area contributed by atoms with Crippen LogP contribution >= 0.6 is 23.2 Å². The van der Waals surface area contributed by atoms with Gasteiger partial charge in [0.15, 0.2) is 12.0 Å². The van der Waals surface area contributed by atoms with Crippen LogP contribution in [0.15, 0.2) is 18.2 Å². The Hall–Kier alpha value is -1.32. The van der Waals surface area contributed by atoms with Gasteiger partial charge in [-0.25, -0.2) is 4.98 Å². The van der Waals surface area contributed by atoms with Crippen LogP contribution in [0.5, 0.6) is 5.75 Å². The van der Waals surface area contributed by atoms with Gasteiger partial charge in [0, 0.05) is 5.39 Å². The Morgan fingerprint density at radius 2 is 2.00 bits per heavy atom. The lowest BCUT2D eigenvalue weighted by Gasteiger charge is -2.04. The Kier molecular flexibility index (Phi) is 2.50. The summed E-state index contributed by atoms with van der Waals surface area (Å²) >= 11 is 11.6. The van der Waals surface area contributed by atoms with Crippen molar-refractivity contribution in [2.24, 2.45) is 0 Å². The van der Waals surface area contributed by atoms with Crippen LogP contribution < -0.4 is 0 Å². The van der Waals surface area contributed by atoms with Gasteiger partial charge in [-0.2, -0.15) is 0 Å². The van der Waals surface area contributed by atoms with Crippen molar-refractivity contribution in [3.05, 3.63) is 33.9 Å². The van der Waals surface area contributed by atoms with Gasteiger partial charge < -0.3 is 5.11 Å². The van der Waals surface area contributed by atoms with E-state index in [1.54, 1.807) is 6.07 Å². The first-order valence-corrected chi connectivity index (χ1v) is 4.82. The number of halogens is 2. The minimum atomic E-state index is -0.167. The molecule has 0 aliphatic heterocycles. The van der Waals surface area contributed by atoms with E-state index in [0.29, 0.717) is 16.7 Å². The summed E-state index contributed by atoms with van der Waals surface area (Å²) < 4.78 is 0. The zero-order valence-electron chi connectivity index (χ0n) is 7.37. The lowest BCUT2D eigenvalue weighted by Crippen LogP contribution is -1.88. The molecule has 0 radical (unpaired) electrons. The van der Waals surface area contributed by atoms with Crippen LogP contribution in [0.3, 0.4) is 0 Å². The highest BCUT2D eigenvalue weighted by molar-refractivity contribution is 6.39. The molecule has 1 heterocycles. The predicted molar refractivity (Wildman–Crippen MR) is 58.8 cm³/mol. The Labute approximate surface area is 95.3 Å². The number of phenolic OH excluding ortho intramolecular Hbond substituents is 1. The summed E-state index contributed by atoms with van der Waals surface area (Å²) in [6.07, 6.45) is 0.591. The second kappa shape index (κ2) is 3.68. The molecule has 0 spiro atoms. The van der Waals surface area contributed by atoms with Gasteiger partial charge in [-0.3, -0.25) is 4.79 Å². The van der Waals surface area contributed by atoms with E-state index in [1.807, 2.05) is 0 Å². The van der Waals surface area contributed by atoms with Gasteiger partial charge >= 0.3 is 0 Å². The first kappa shape index (κ1) is 10.2. The highest BCUT2D eigenvalue weighted by Crippen LogP contribution is 2.35. The highest BCUT2D eigenvalue weighted by atomic mass is 35.5. The van der Waals surface area contributed by atoms with Crippen LogP contribution in [0, 0.1) is 0 Å². The number of phenols is 1. The summed E-state index contributed by atoms with van der Waals surface area (Å²) in [5, 5.41) is 10.7. The first-order chi connectivity index (χ1) is 7.13. The van der Waals surface area contributed by atoms with E-state index in [9.17, 15) is 9.90 Å². The molecular formula is C10H5Cl2NO2. The van der Waals surface area contributed by atoms with E-state index in [0.717, 1.165) is 0 Å². The molecule has 15 heavy (non-hydrogen) atoms. The molecule has 5 heteroatoms. The maximum absolute atomic E-state index is 10.5. The summed E-state index contributed by atoms with van der Waals surface area (Å²) in [4.78, 5) is 14.4. The van der Waals surface area contributed by atoms with E-state index in [4.69, 9.17) is 23.2 Å². The SMILES string of the molecule is O=Cc1ccc2c(Cl)cc(Cl)c(O)c2n1. The largest absolute Gasteiger partial charge is 0.504 e. The molecule has 76 valence electrons. The molecule has 2 aromatic rings. The van der Waals surface area contributed by atoms with E-state index >= 15 is 0 Å². The molecule has 3 nitrogen and oxygen atoms in total. The fraction of sp³-hybridized carbons (Fsp3) is 0. The summed E-state index contributed by atoms with van der Waals surface area (Å²) in [6, 6.07) is 4.57. The Bertz CT molecular complexity index is 555. The van der Waals surface area contributed by atoms with Crippen molar-refractivity contribution >= 4 is 40.4 Å². The van der Waals surface area contributed by atoms with Crippen LogP contribution in [0.25, 0.3) is 10.9 Å². The monoisotopic (exact) mass is 241 g/mol. The lowest BCUT2D eigenvalue weighted by molar-refractivity contribution is 0.111. The molecule has 1 aromatic heterocycles. The van der Waals surface area contributed by atoms with Crippen LogP contribution in [0.1, 0.15) is 10.5 Å². The zero-order valence-corrected chi connectivity index (χ0v) is 8.88. The number of aromatic nitrogens is 1. The predicted octanol–water partition coefficient (Wildman–Crippen LogP) is 3.06. The van der Waals surface area contributed by atoms with Crippen LogP contribution in [-0.2, 0) is 0 Å². The van der Waals surface area contributed by atoms with Crippen LogP contribution in [-0.4, -0.2) is 16.4 Å². The van der Waals surface area contributed by atoms with Gasteiger partial charge in [-0.1, -0.05) is 23.2 Å². The third-order valence-corrected chi connectivity index (χ3v) is 2.60. The molecule has 1 aromatic carbocycles. The molecule has 0 saturated heterocycles. The Morgan fingerprint density at radius 1 is 1.27 bits per heavy atom. The molecular weight excluding hydrogens is 237 g/mol. The number of nitrogens with zero attached hydrogens (tertiary/aromatic N) is 1. The summed E-state index contributed by atoms with van der Waals surface area (Å²) in [6.45, 7) is 0. The number of benzene rings is 1. The van der Waals surface area contributed by atoms with Gasteiger partial charge in [0.25, 0.3) is 0 Å². The number of hydrogen-bond acceptors (Lipinski definition) is 3. The Morgan fingerprint density at radius 3 is 2.67 bits per heavy atom. The average Bonchev–Trinajstić information content (AvgIpc) is 2.25. The number of hydrogen-bond donors (Lipinski definition) is 1. The average molecular weight is 242 g/mol. The molecule has 0 aliphatic rings. The second-order valence-electron chi connectivity index (χ2n) is 2.94. The van der Waals surface area contributed by atoms with Crippen molar-refractivity contribution in [3.8, 4) is 5.75 Å². The summed E-state index contributed by atoms with van der Waals surface area (Å²) in [7, 11) is 0. The van der Waals surface area contributed by atoms with Crippen molar-refractivity contribution in [1.29, 1.82) is 0 Å². The van der Waals surface area contributed by atoms with Crippen molar-refractivity contribution in [2.75, 3.05) is 0 Å². The van der Waals surface area contributed by atoms with Crippen molar-refractivity contribution < 1.29 is 9.90 Å². The molecule has 0 bridgehead atoms. The smallest absolute Gasteiger partial charge is 0.168 e. The standard InChI is InChI=1S/C10H5Cl2NO2/c11-7-3-8(12)10(15)9-6(7)2-1-5(4-14)13-9/h1-4,15H. The minimum absolute atomic E-state index is 0.114. The second-order valence-corrected chi connectivity index (χ2v) is 3.75. The summed E-state index contributed by atoms with van der Waals surface area (Å²) in [5.74, 6) is -0.167. The quantitative estimate of drug-likeness (QED) is 0.781. The maximum atomic E-state index is 10.5. The highest BCUT2D eigenvalue weighted by Gasteiger charge is 2.10. The van der Waals surface area contributed by atoms with Gasteiger partial charge in [0.2, 0.25) is 0 Å². The van der Waals surface area contributed by atoms with Gasteiger partial charge in [-0.05, 0) is 18.2 Å². The molecule has 0 fully saturated rings. The van der Waals surface area contributed by atoms with Crippen molar-refractivity contribution in [3.63, 3.8) is 0 Å². The van der Waals surface area contributed by atoms with E-state index in [1.165, 1.54) is 12.1 Å². The number of aromatic hydroxyl groups is 1. The van der Waals surface area contributed by atoms with Gasteiger partial charge in [0.05, 0.1) is 10.0 Å². The van der Waals surface area contributed by atoms with Crippen molar-refractivity contribution in [1.82, 2.24) is 4.98 Å². The number of rotatable bonds is 1. The topological polar surface area (TPSA) is 50.2 Å². The number of fused-ring (bicyclic) bond motifs is 1. The van der Waals surface area contributed by atoms with E-state index in [2.05, 4.69) is 4.98 Å². The zero-order chi connectivity index (χ0) is 11.0. The molecule has 2 rings (SSSR count). The number of carbonyl (C=O) groups is 1. The van der Waals surface area contributed by atoms with Crippen LogP contribution in [0.2, 0.25) is 10.0 Å².